The fraction of sp³-hybridized carbons (Fsp3) is 0.538. The molecule has 2 N–H and O–H groups in total. The summed E-state index contributed by atoms with van der Waals surface area (Å²) < 4.78 is 9.21. The van der Waals surface area contributed by atoms with Crippen LogP contribution < -0.4 is 0 Å². The summed E-state index contributed by atoms with van der Waals surface area (Å²) in [5, 5.41) is 15.8. The molecule has 6 nitrogen and oxygen atoms in total. The average molecular weight is 274 g/mol. The van der Waals surface area contributed by atoms with Gasteiger partial charge in [0.1, 0.15) is 0 Å². The summed E-state index contributed by atoms with van der Waals surface area (Å²) in [5.74, 6) is -1.87. The van der Waals surface area contributed by atoms with Crippen molar-refractivity contribution in [2.24, 2.45) is 0 Å². The Kier molecular flexibility index (Phi) is 11.8. The van der Waals surface area contributed by atoms with Gasteiger partial charge in [-0.25, -0.2) is 9.59 Å². The van der Waals surface area contributed by atoms with Crippen LogP contribution in [0.5, 0.6) is 0 Å². The molecule has 1 atom stereocenters. The minimum absolute atomic E-state index is 0.176. The predicted octanol–water partition coefficient (Wildman–Crippen LogP) is 1.72. The van der Waals surface area contributed by atoms with Crippen LogP contribution in [-0.4, -0.2) is 48.1 Å². The summed E-state index contributed by atoms with van der Waals surface area (Å²) in [5.41, 5.74) is 0.352. The van der Waals surface area contributed by atoms with Crippen LogP contribution in [0.25, 0.3) is 0 Å². The van der Waals surface area contributed by atoms with Crippen LogP contribution in [0.1, 0.15) is 20.8 Å². The number of hydrogen-bond acceptors (Lipinski definition) is 4. The molecule has 0 aromatic heterocycles. The summed E-state index contributed by atoms with van der Waals surface area (Å²) in [4.78, 5) is 19.2. The molecule has 2 saturated heterocycles. The number of aliphatic carboxylic acids is 2. The first-order valence-electron chi connectivity index (χ1n) is 5.65. The van der Waals surface area contributed by atoms with Gasteiger partial charge in [0.2, 0.25) is 0 Å². The maximum Gasteiger partial charge on any atom is 0.330 e. The fourth-order valence-electron chi connectivity index (χ4n) is 0.0962. The Balaban J connectivity index is 0. The molecule has 2 aliphatic rings. The summed E-state index contributed by atoms with van der Waals surface area (Å²) in [6.45, 7) is 14.2. The van der Waals surface area contributed by atoms with Gasteiger partial charge >= 0.3 is 11.9 Å². The van der Waals surface area contributed by atoms with E-state index in [1.54, 1.807) is 0 Å². The molecule has 2 rings (SSSR count). The first kappa shape index (κ1) is 19.7. The lowest BCUT2D eigenvalue weighted by Crippen LogP contribution is -1.92. The molecule has 19 heavy (non-hydrogen) atoms. The van der Waals surface area contributed by atoms with E-state index in [0.29, 0.717) is 6.10 Å². The van der Waals surface area contributed by atoms with Crippen LogP contribution in [0.3, 0.4) is 0 Å². The van der Waals surface area contributed by atoms with Crippen molar-refractivity contribution in [1.29, 1.82) is 0 Å². The van der Waals surface area contributed by atoms with Gasteiger partial charge < -0.3 is 19.7 Å². The lowest BCUT2D eigenvalue weighted by molar-refractivity contribution is -0.133. The van der Waals surface area contributed by atoms with Crippen LogP contribution in [0, 0.1) is 0 Å². The zero-order valence-corrected chi connectivity index (χ0v) is 11.6. The number of carboxylic acids is 2. The lowest BCUT2D eigenvalue weighted by Gasteiger charge is -1.79. The summed E-state index contributed by atoms with van der Waals surface area (Å²) in [6, 6.07) is 0. The van der Waals surface area contributed by atoms with E-state index in [1.165, 1.54) is 13.8 Å². The molecule has 0 aliphatic carbocycles. The van der Waals surface area contributed by atoms with Crippen molar-refractivity contribution in [3.8, 4) is 0 Å². The molecule has 0 aromatic rings. The molecule has 0 radical (unpaired) electrons. The monoisotopic (exact) mass is 274 g/mol. The van der Waals surface area contributed by atoms with Crippen LogP contribution in [0.4, 0.5) is 0 Å². The molecule has 6 heteroatoms. The molecule has 0 amide bonds. The van der Waals surface area contributed by atoms with Gasteiger partial charge in [0.05, 0.1) is 25.9 Å². The van der Waals surface area contributed by atoms with Gasteiger partial charge in [-0.2, -0.15) is 0 Å². The molecule has 0 bridgehead atoms. The molecular weight excluding hydrogens is 252 g/mol. The van der Waals surface area contributed by atoms with Gasteiger partial charge in [-0.1, -0.05) is 13.2 Å². The Bertz CT molecular complexity index is 264. The highest BCUT2D eigenvalue weighted by molar-refractivity contribution is 5.85. The van der Waals surface area contributed by atoms with Crippen LogP contribution in [0.15, 0.2) is 24.3 Å². The Morgan fingerprint density at radius 3 is 1.21 bits per heavy atom. The lowest BCUT2D eigenvalue weighted by atomic mass is 10.4. The van der Waals surface area contributed by atoms with Crippen molar-refractivity contribution >= 4 is 11.9 Å². The third-order valence-corrected chi connectivity index (χ3v) is 1.43. The maximum atomic E-state index is 9.60. The minimum atomic E-state index is -0.935. The summed E-state index contributed by atoms with van der Waals surface area (Å²) in [6.07, 6.45) is 0.583. The van der Waals surface area contributed by atoms with Crippen molar-refractivity contribution < 1.29 is 29.3 Å². The molecule has 0 aromatic carbocycles. The Labute approximate surface area is 113 Å². The first-order chi connectivity index (χ1) is 8.68. The van der Waals surface area contributed by atoms with E-state index < -0.39 is 11.9 Å². The Morgan fingerprint density at radius 1 is 1.05 bits per heavy atom. The maximum absolute atomic E-state index is 9.60. The van der Waals surface area contributed by atoms with E-state index in [9.17, 15) is 9.59 Å². The molecule has 110 valence electrons. The van der Waals surface area contributed by atoms with E-state index >= 15 is 0 Å². The van der Waals surface area contributed by atoms with Crippen molar-refractivity contribution in [2.75, 3.05) is 19.8 Å². The second-order valence-electron chi connectivity index (χ2n) is 3.93. The quantitative estimate of drug-likeness (QED) is 0.587. The standard InChI is InChI=1S/2C4H6O2.C3H6O.C2H4O/c2*1-3(2)4(5)6;1-3-2-4-3;1-2-3-1/h2*1H2,2H3,(H,5,6);3H,2H2,1H3;1-2H2. The smallest absolute Gasteiger partial charge is 0.330 e. The molecule has 2 aliphatic heterocycles. The van der Waals surface area contributed by atoms with Gasteiger partial charge in [0.25, 0.3) is 0 Å². The zero-order chi connectivity index (χ0) is 15.4. The second kappa shape index (κ2) is 11.4. The van der Waals surface area contributed by atoms with Crippen LogP contribution in [0.2, 0.25) is 0 Å². The third-order valence-electron chi connectivity index (χ3n) is 1.43. The minimum Gasteiger partial charge on any atom is -0.478 e. The van der Waals surface area contributed by atoms with Gasteiger partial charge in [0.15, 0.2) is 0 Å². The molecular formula is C13H22O6. The van der Waals surface area contributed by atoms with Gasteiger partial charge in [-0.15, -0.1) is 0 Å². The number of epoxide rings is 2. The summed E-state index contributed by atoms with van der Waals surface area (Å²) >= 11 is 0. The Morgan fingerprint density at radius 2 is 1.21 bits per heavy atom. The average Bonchev–Trinajstić information content (AvgIpc) is 3.14. The number of carbonyl (C=O) groups is 2. The topological polar surface area (TPSA) is 99.7 Å². The molecule has 2 fully saturated rings. The van der Waals surface area contributed by atoms with E-state index in [2.05, 4.69) is 24.8 Å². The molecule has 0 saturated carbocycles. The SMILES string of the molecule is C1CO1.C=C(C)C(=O)O.C=C(C)C(=O)O.CC1CO1. The van der Waals surface area contributed by atoms with Crippen molar-refractivity contribution in [3.05, 3.63) is 24.3 Å². The normalized spacial score (nSPS) is 16.9. The van der Waals surface area contributed by atoms with Gasteiger partial charge in [-0.3, -0.25) is 0 Å². The van der Waals surface area contributed by atoms with E-state index in [-0.39, 0.29) is 11.1 Å². The number of hydrogen-bond donors (Lipinski definition) is 2. The first-order valence-corrected chi connectivity index (χ1v) is 5.65. The zero-order valence-electron chi connectivity index (χ0n) is 11.6. The highest BCUT2D eigenvalue weighted by Gasteiger charge is 2.13. The second-order valence-corrected chi connectivity index (χ2v) is 3.93. The number of carboxylic acid groups (broad SMARTS) is 2. The van der Waals surface area contributed by atoms with Crippen LogP contribution in [-0.2, 0) is 19.1 Å². The van der Waals surface area contributed by atoms with E-state index in [1.807, 2.05) is 0 Å². The molecule has 2 heterocycles. The predicted molar refractivity (Wildman–Crippen MR) is 71.1 cm³/mol. The van der Waals surface area contributed by atoms with E-state index in [4.69, 9.17) is 14.9 Å². The van der Waals surface area contributed by atoms with E-state index in [0.717, 1.165) is 19.8 Å². The highest BCUT2D eigenvalue weighted by atomic mass is 16.6. The molecule has 0 spiro atoms. The summed E-state index contributed by atoms with van der Waals surface area (Å²) in [7, 11) is 0. The number of ether oxygens (including phenoxy) is 2. The van der Waals surface area contributed by atoms with Crippen molar-refractivity contribution in [2.45, 2.75) is 26.9 Å². The third kappa shape index (κ3) is 31.4. The Hall–Kier alpha value is -1.66. The van der Waals surface area contributed by atoms with Crippen molar-refractivity contribution in [1.82, 2.24) is 0 Å². The fourth-order valence-corrected chi connectivity index (χ4v) is 0.0962. The van der Waals surface area contributed by atoms with Gasteiger partial charge in [0, 0.05) is 11.1 Å². The largest absolute Gasteiger partial charge is 0.478 e. The number of rotatable bonds is 2. The highest BCUT2D eigenvalue weighted by Crippen LogP contribution is 2.04. The van der Waals surface area contributed by atoms with Gasteiger partial charge in [-0.05, 0) is 20.8 Å². The van der Waals surface area contributed by atoms with Crippen LogP contribution >= 0.6 is 0 Å². The van der Waals surface area contributed by atoms with Crippen molar-refractivity contribution in [3.63, 3.8) is 0 Å². The molecule has 1 unspecified atom stereocenters.